The van der Waals surface area contributed by atoms with Crippen LogP contribution in [0.1, 0.15) is 23.9 Å². The summed E-state index contributed by atoms with van der Waals surface area (Å²) in [5, 5.41) is 6.97. The lowest BCUT2D eigenvalue weighted by molar-refractivity contribution is -0.118. The second kappa shape index (κ2) is 5.69. The first-order valence-electron chi connectivity index (χ1n) is 6.48. The van der Waals surface area contributed by atoms with E-state index in [1.54, 1.807) is 4.90 Å². The fraction of sp³-hybridized carbons (Fsp3) is 0.333. The molecule has 1 heterocycles. The van der Waals surface area contributed by atoms with E-state index in [2.05, 4.69) is 10.2 Å². The first-order valence-corrected chi connectivity index (χ1v) is 6.48. The molecule has 0 bridgehead atoms. The molecule has 0 saturated heterocycles. The van der Waals surface area contributed by atoms with Gasteiger partial charge in [-0.05, 0) is 44.5 Å². The van der Waals surface area contributed by atoms with Gasteiger partial charge in [-0.25, -0.2) is 0 Å². The van der Waals surface area contributed by atoms with E-state index >= 15 is 0 Å². The number of amides is 1. The van der Waals surface area contributed by atoms with E-state index in [4.69, 9.17) is 0 Å². The molecule has 4 nitrogen and oxygen atoms in total. The maximum absolute atomic E-state index is 12.3. The van der Waals surface area contributed by atoms with Crippen molar-refractivity contribution < 1.29 is 4.79 Å². The minimum absolute atomic E-state index is 0.0691. The number of nitrogens with one attached hydrogen (secondary N) is 1. The van der Waals surface area contributed by atoms with Crippen LogP contribution in [-0.4, -0.2) is 22.6 Å². The van der Waals surface area contributed by atoms with E-state index in [9.17, 15) is 4.79 Å². The van der Waals surface area contributed by atoms with Crippen LogP contribution in [0, 0.1) is 13.8 Å². The van der Waals surface area contributed by atoms with Crippen LogP contribution in [0.2, 0.25) is 0 Å². The SMILES string of the molecule is CCN(C(=O)Cc1cc(C)[nH]n1)c1cccc(C)c1. The second-order valence-electron chi connectivity index (χ2n) is 4.70. The van der Waals surface area contributed by atoms with Crippen molar-refractivity contribution in [1.29, 1.82) is 0 Å². The Balaban J connectivity index is 2.15. The number of likely N-dealkylation sites (N-methyl/N-ethyl adjacent to an activating group) is 1. The molecule has 0 atom stereocenters. The predicted molar refractivity (Wildman–Crippen MR) is 76.2 cm³/mol. The molecular formula is C15H19N3O. The number of aryl methyl sites for hydroxylation is 2. The van der Waals surface area contributed by atoms with Gasteiger partial charge in [-0.3, -0.25) is 9.89 Å². The Labute approximate surface area is 113 Å². The molecule has 0 unspecified atom stereocenters. The van der Waals surface area contributed by atoms with Gasteiger partial charge in [0.25, 0.3) is 0 Å². The van der Waals surface area contributed by atoms with Crippen molar-refractivity contribution in [3.8, 4) is 0 Å². The molecule has 0 spiro atoms. The first kappa shape index (κ1) is 13.3. The van der Waals surface area contributed by atoms with Crippen LogP contribution in [0.5, 0.6) is 0 Å². The summed E-state index contributed by atoms with van der Waals surface area (Å²) in [5.41, 5.74) is 3.86. The summed E-state index contributed by atoms with van der Waals surface area (Å²) in [4.78, 5) is 14.1. The molecule has 0 aliphatic heterocycles. The van der Waals surface area contributed by atoms with Crippen LogP contribution in [0.4, 0.5) is 5.69 Å². The molecule has 1 amide bonds. The van der Waals surface area contributed by atoms with E-state index in [0.29, 0.717) is 13.0 Å². The van der Waals surface area contributed by atoms with Crippen molar-refractivity contribution in [1.82, 2.24) is 10.2 Å². The highest BCUT2D eigenvalue weighted by Gasteiger charge is 2.15. The number of hydrogen-bond donors (Lipinski definition) is 1. The summed E-state index contributed by atoms with van der Waals surface area (Å²) < 4.78 is 0. The standard InChI is InChI=1S/C15H19N3O/c1-4-18(14-7-5-6-11(2)8-14)15(19)10-13-9-12(3)16-17-13/h5-9H,4,10H2,1-3H3,(H,16,17). The fourth-order valence-corrected chi connectivity index (χ4v) is 2.11. The molecule has 2 aromatic rings. The van der Waals surface area contributed by atoms with E-state index < -0.39 is 0 Å². The molecule has 4 heteroatoms. The summed E-state index contributed by atoms with van der Waals surface area (Å²) in [6.45, 7) is 6.60. The summed E-state index contributed by atoms with van der Waals surface area (Å²) in [6, 6.07) is 9.89. The molecule has 100 valence electrons. The van der Waals surface area contributed by atoms with Crippen molar-refractivity contribution in [2.45, 2.75) is 27.2 Å². The van der Waals surface area contributed by atoms with Crippen molar-refractivity contribution in [2.75, 3.05) is 11.4 Å². The highest BCUT2D eigenvalue weighted by atomic mass is 16.2. The van der Waals surface area contributed by atoms with Gasteiger partial charge in [0.05, 0.1) is 12.1 Å². The normalized spacial score (nSPS) is 10.5. The molecule has 2 rings (SSSR count). The van der Waals surface area contributed by atoms with Gasteiger partial charge in [0, 0.05) is 17.9 Å². The third-order valence-corrected chi connectivity index (χ3v) is 3.02. The van der Waals surface area contributed by atoms with Gasteiger partial charge in [0.1, 0.15) is 0 Å². The summed E-state index contributed by atoms with van der Waals surface area (Å²) >= 11 is 0. The number of nitrogens with zero attached hydrogens (tertiary/aromatic N) is 2. The zero-order valence-corrected chi connectivity index (χ0v) is 11.6. The fourth-order valence-electron chi connectivity index (χ4n) is 2.11. The molecule has 0 radical (unpaired) electrons. The van der Waals surface area contributed by atoms with E-state index in [1.165, 1.54) is 0 Å². The number of benzene rings is 1. The maximum Gasteiger partial charge on any atom is 0.233 e. The van der Waals surface area contributed by atoms with E-state index in [-0.39, 0.29) is 5.91 Å². The van der Waals surface area contributed by atoms with Crippen molar-refractivity contribution in [2.24, 2.45) is 0 Å². The lowest BCUT2D eigenvalue weighted by atomic mass is 10.2. The number of aromatic nitrogens is 2. The largest absolute Gasteiger partial charge is 0.312 e. The quantitative estimate of drug-likeness (QED) is 0.915. The van der Waals surface area contributed by atoms with Gasteiger partial charge in [-0.15, -0.1) is 0 Å². The van der Waals surface area contributed by atoms with Crippen LogP contribution in [0.15, 0.2) is 30.3 Å². The van der Waals surface area contributed by atoms with E-state index in [1.807, 2.05) is 51.1 Å². The Morgan fingerprint density at radius 2 is 2.11 bits per heavy atom. The molecule has 1 aromatic heterocycles. The van der Waals surface area contributed by atoms with Crippen LogP contribution < -0.4 is 4.90 Å². The van der Waals surface area contributed by atoms with Gasteiger partial charge < -0.3 is 4.90 Å². The predicted octanol–water partition coefficient (Wildman–Crippen LogP) is 2.62. The molecule has 19 heavy (non-hydrogen) atoms. The van der Waals surface area contributed by atoms with Gasteiger partial charge in [-0.1, -0.05) is 12.1 Å². The lowest BCUT2D eigenvalue weighted by Gasteiger charge is -2.21. The molecule has 0 saturated carbocycles. The summed E-state index contributed by atoms with van der Waals surface area (Å²) in [7, 11) is 0. The van der Waals surface area contributed by atoms with Crippen molar-refractivity contribution >= 4 is 11.6 Å². The lowest BCUT2D eigenvalue weighted by Crippen LogP contribution is -2.32. The monoisotopic (exact) mass is 257 g/mol. The van der Waals surface area contributed by atoms with Gasteiger partial charge in [0.15, 0.2) is 0 Å². The minimum atomic E-state index is 0.0691. The van der Waals surface area contributed by atoms with Crippen molar-refractivity contribution in [3.63, 3.8) is 0 Å². The van der Waals surface area contributed by atoms with Gasteiger partial charge >= 0.3 is 0 Å². The highest BCUT2D eigenvalue weighted by molar-refractivity contribution is 5.94. The minimum Gasteiger partial charge on any atom is -0.312 e. The van der Waals surface area contributed by atoms with Crippen molar-refractivity contribution in [3.05, 3.63) is 47.3 Å². The second-order valence-corrected chi connectivity index (χ2v) is 4.70. The van der Waals surface area contributed by atoms with Crippen LogP contribution in [0.25, 0.3) is 0 Å². The Morgan fingerprint density at radius 1 is 1.32 bits per heavy atom. The Hall–Kier alpha value is -2.10. The molecule has 0 aliphatic carbocycles. The molecule has 1 N–H and O–H groups in total. The molecule has 0 fully saturated rings. The number of carbonyl (C=O) groups is 1. The summed E-state index contributed by atoms with van der Waals surface area (Å²) in [6.07, 6.45) is 0.326. The molecular weight excluding hydrogens is 238 g/mol. The third kappa shape index (κ3) is 3.22. The maximum atomic E-state index is 12.3. The summed E-state index contributed by atoms with van der Waals surface area (Å²) in [5.74, 6) is 0.0691. The zero-order valence-electron chi connectivity index (χ0n) is 11.6. The van der Waals surface area contributed by atoms with Crippen LogP contribution >= 0.6 is 0 Å². The number of rotatable bonds is 4. The highest BCUT2D eigenvalue weighted by Crippen LogP contribution is 2.17. The number of carbonyl (C=O) groups excluding carboxylic acids is 1. The van der Waals surface area contributed by atoms with Gasteiger partial charge in [0.2, 0.25) is 5.91 Å². The first-order chi connectivity index (χ1) is 9.10. The Bertz CT molecular complexity index is 574. The average molecular weight is 257 g/mol. The number of anilines is 1. The number of H-pyrrole nitrogens is 1. The van der Waals surface area contributed by atoms with Gasteiger partial charge in [-0.2, -0.15) is 5.10 Å². The third-order valence-electron chi connectivity index (χ3n) is 3.02. The number of aromatic amines is 1. The Kier molecular flexibility index (Phi) is 4.00. The Morgan fingerprint density at radius 3 is 2.68 bits per heavy atom. The average Bonchev–Trinajstić information content (AvgIpc) is 2.75. The smallest absolute Gasteiger partial charge is 0.233 e. The number of hydrogen-bond acceptors (Lipinski definition) is 2. The topological polar surface area (TPSA) is 49.0 Å². The zero-order chi connectivity index (χ0) is 13.8. The molecule has 0 aliphatic rings. The van der Waals surface area contributed by atoms with E-state index in [0.717, 1.165) is 22.6 Å². The molecule has 1 aromatic carbocycles. The van der Waals surface area contributed by atoms with Crippen LogP contribution in [-0.2, 0) is 11.2 Å². The van der Waals surface area contributed by atoms with Crippen LogP contribution in [0.3, 0.4) is 0 Å².